The molecular weight excluding hydrogens is 616 g/mol. The van der Waals surface area contributed by atoms with E-state index in [1.165, 1.54) is 24.0 Å². The van der Waals surface area contributed by atoms with E-state index >= 15 is 0 Å². The van der Waals surface area contributed by atoms with Crippen LogP contribution in [0, 0.1) is 6.92 Å². The molecule has 0 fully saturated rings. The molecule has 0 unspecified atom stereocenters. The number of carbonyl (C=O) groups excluding carboxylic acids is 2. The number of aryl methyl sites for hydroxylation is 1. The Morgan fingerprint density at radius 3 is 2.10 bits per heavy atom. The smallest absolute Gasteiger partial charge is 0.435 e. The van der Waals surface area contributed by atoms with Crippen molar-refractivity contribution >= 4 is 44.1 Å². The van der Waals surface area contributed by atoms with Crippen molar-refractivity contribution in [2.45, 2.75) is 84.5 Å². The molecule has 2 amide bonds. The van der Waals surface area contributed by atoms with Crippen LogP contribution in [0.3, 0.4) is 0 Å². The summed E-state index contributed by atoms with van der Waals surface area (Å²) in [4.78, 5) is 30.5. The van der Waals surface area contributed by atoms with Crippen molar-refractivity contribution in [1.82, 2.24) is 4.90 Å². The van der Waals surface area contributed by atoms with Crippen LogP contribution >= 0.6 is 15.9 Å². The molecule has 0 aliphatic carbocycles. The predicted molar refractivity (Wildman–Crippen MR) is 160 cm³/mol. The highest BCUT2D eigenvalue weighted by Crippen LogP contribution is 2.27. The van der Waals surface area contributed by atoms with E-state index < -0.39 is 33.5 Å². The maximum absolute atomic E-state index is 13.0. The molecule has 2 rings (SSSR count). The minimum absolute atomic E-state index is 0.0347. The second-order valence-electron chi connectivity index (χ2n) is 11.3. The van der Waals surface area contributed by atoms with Crippen LogP contribution in [0.5, 0.6) is 5.75 Å². The van der Waals surface area contributed by atoms with Crippen molar-refractivity contribution in [2.75, 3.05) is 13.2 Å². The molecular formula is C29H39BrN2O8S. The first kappa shape index (κ1) is 34.2. The summed E-state index contributed by atoms with van der Waals surface area (Å²) in [5.74, 6) is 0.642. The fourth-order valence-corrected chi connectivity index (χ4v) is 4.71. The van der Waals surface area contributed by atoms with E-state index in [1.807, 2.05) is 6.92 Å². The Morgan fingerprint density at radius 2 is 1.54 bits per heavy atom. The number of amidine groups is 1. The van der Waals surface area contributed by atoms with Crippen LogP contribution in [-0.4, -0.2) is 55.8 Å². The van der Waals surface area contributed by atoms with Crippen LogP contribution in [-0.2, 0) is 30.3 Å². The van der Waals surface area contributed by atoms with Gasteiger partial charge in [0.2, 0.25) is 0 Å². The van der Waals surface area contributed by atoms with Gasteiger partial charge in [-0.25, -0.2) is 9.59 Å². The number of rotatable bonds is 9. The van der Waals surface area contributed by atoms with Gasteiger partial charge in [-0.3, -0.25) is 9.08 Å². The molecule has 0 saturated heterocycles. The second-order valence-corrected chi connectivity index (χ2v) is 13.7. The summed E-state index contributed by atoms with van der Waals surface area (Å²) in [6.07, 6.45) is -1.14. The molecule has 0 bridgehead atoms. The molecule has 0 radical (unpaired) electrons. The molecule has 2 aromatic carbocycles. The first-order valence-electron chi connectivity index (χ1n) is 13.0. The van der Waals surface area contributed by atoms with Gasteiger partial charge in [0.1, 0.15) is 22.8 Å². The Bertz CT molecular complexity index is 1340. The number of hydrogen-bond acceptors (Lipinski definition) is 8. The van der Waals surface area contributed by atoms with Crippen molar-refractivity contribution in [3.63, 3.8) is 0 Å². The first-order chi connectivity index (χ1) is 18.9. The van der Waals surface area contributed by atoms with E-state index in [9.17, 15) is 18.0 Å². The second kappa shape index (κ2) is 14.3. The highest BCUT2D eigenvalue weighted by Gasteiger charge is 2.26. The third kappa shape index (κ3) is 12.2. The molecule has 12 heteroatoms. The molecule has 41 heavy (non-hydrogen) atoms. The maximum atomic E-state index is 13.0. The lowest BCUT2D eigenvalue weighted by Crippen LogP contribution is -2.40. The molecule has 0 saturated carbocycles. The summed E-state index contributed by atoms with van der Waals surface area (Å²) < 4.78 is 46.9. The third-order valence-electron chi connectivity index (χ3n) is 5.08. The molecule has 0 atom stereocenters. The maximum Gasteiger partial charge on any atom is 0.435 e. The van der Waals surface area contributed by atoms with Crippen LogP contribution in [0.1, 0.15) is 66.0 Å². The van der Waals surface area contributed by atoms with Crippen molar-refractivity contribution in [2.24, 2.45) is 4.99 Å². The Balaban J connectivity index is 2.04. The van der Waals surface area contributed by atoms with E-state index in [1.54, 1.807) is 71.9 Å². The van der Waals surface area contributed by atoms with Gasteiger partial charge in [0.15, 0.2) is 0 Å². The van der Waals surface area contributed by atoms with Crippen LogP contribution in [0.2, 0.25) is 0 Å². The van der Waals surface area contributed by atoms with Crippen molar-refractivity contribution in [3.8, 4) is 5.75 Å². The van der Waals surface area contributed by atoms with Crippen LogP contribution in [0.15, 0.2) is 56.8 Å². The highest BCUT2D eigenvalue weighted by molar-refractivity contribution is 9.10. The summed E-state index contributed by atoms with van der Waals surface area (Å²) in [6, 6.07) is 11.7. The zero-order chi connectivity index (χ0) is 31.0. The van der Waals surface area contributed by atoms with Crippen LogP contribution in [0.4, 0.5) is 9.59 Å². The molecule has 0 N–H and O–H groups in total. The third-order valence-corrected chi connectivity index (χ3v) is 7.03. The van der Waals surface area contributed by atoms with Crippen molar-refractivity contribution in [1.29, 1.82) is 0 Å². The molecule has 0 heterocycles. The zero-order valence-electron chi connectivity index (χ0n) is 24.8. The minimum Gasteiger partial charge on any atom is -0.492 e. The van der Waals surface area contributed by atoms with E-state index in [4.69, 9.17) is 18.4 Å². The van der Waals surface area contributed by atoms with Gasteiger partial charge in [-0.05, 0) is 101 Å². The Morgan fingerprint density at radius 1 is 0.927 bits per heavy atom. The van der Waals surface area contributed by atoms with Gasteiger partial charge in [0, 0.05) is 6.42 Å². The standard InChI is InChI=1S/C29H39BrN2O8S/c1-20-10-13-23(14-11-20)41(35,36)38-17-9-16-37-25-15-12-22(18-24(25)30)19-32(27(34)40-29(6,7)8)21(2)31-26(33)39-28(3,4)5/h10-15,18H,9,16-17,19H2,1-8H3/b31-21-. The van der Waals surface area contributed by atoms with E-state index in [0.29, 0.717) is 22.2 Å². The fourth-order valence-electron chi connectivity index (χ4n) is 3.23. The topological polar surface area (TPSA) is 121 Å². The number of amides is 2. The summed E-state index contributed by atoms with van der Waals surface area (Å²) >= 11 is 3.48. The highest BCUT2D eigenvalue weighted by atomic mass is 79.9. The molecule has 0 spiro atoms. The van der Waals surface area contributed by atoms with Crippen LogP contribution < -0.4 is 4.74 Å². The van der Waals surface area contributed by atoms with Gasteiger partial charge in [0.05, 0.1) is 29.1 Å². The van der Waals surface area contributed by atoms with Gasteiger partial charge in [-0.1, -0.05) is 23.8 Å². The van der Waals surface area contributed by atoms with Gasteiger partial charge in [-0.15, -0.1) is 0 Å². The normalized spacial score (nSPS) is 12.6. The largest absolute Gasteiger partial charge is 0.492 e. The number of ether oxygens (including phenoxy) is 3. The quantitative estimate of drug-likeness (QED) is 0.122. The average molecular weight is 656 g/mol. The molecule has 10 nitrogen and oxygen atoms in total. The first-order valence-corrected chi connectivity index (χ1v) is 15.2. The summed E-state index contributed by atoms with van der Waals surface area (Å²) in [6.45, 7) is 14.1. The molecule has 226 valence electrons. The lowest BCUT2D eigenvalue weighted by molar-refractivity contribution is 0.0357. The van der Waals surface area contributed by atoms with Crippen LogP contribution in [0.25, 0.3) is 0 Å². The van der Waals surface area contributed by atoms with E-state index in [2.05, 4.69) is 20.9 Å². The van der Waals surface area contributed by atoms with Gasteiger partial charge >= 0.3 is 12.2 Å². The van der Waals surface area contributed by atoms with Crippen molar-refractivity contribution < 1.29 is 36.4 Å². The number of benzene rings is 2. The summed E-state index contributed by atoms with van der Waals surface area (Å²) in [5, 5.41) is 0. The number of hydrogen-bond donors (Lipinski definition) is 0. The molecule has 0 aliphatic heterocycles. The van der Waals surface area contributed by atoms with E-state index in [-0.39, 0.29) is 30.5 Å². The van der Waals surface area contributed by atoms with E-state index in [0.717, 1.165) is 5.56 Å². The van der Waals surface area contributed by atoms with Gasteiger partial charge < -0.3 is 14.2 Å². The fraction of sp³-hybridized carbons (Fsp3) is 0.483. The van der Waals surface area contributed by atoms with Crippen molar-refractivity contribution in [3.05, 3.63) is 58.1 Å². The van der Waals surface area contributed by atoms with Gasteiger partial charge in [0.25, 0.3) is 10.1 Å². The Hall–Kier alpha value is -2.96. The minimum atomic E-state index is -3.84. The summed E-state index contributed by atoms with van der Waals surface area (Å²) in [7, 11) is -3.84. The zero-order valence-corrected chi connectivity index (χ0v) is 27.2. The monoisotopic (exact) mass is 654 g/mol. The lowest BCUT2D eigenvalue weighted by Gasteiger charge is -2.27. The SMILES string of the molecule is C/C(=N/C(=O)OC(C)(C)C)N(Cc1ccc(OCCCOS(=O)(=O)c2ccc(C)cc2)c(Br)c1)C(=O)OC(C)(C)C. The molecule has 0 aromatic heterocycles. The Labute approximate surface area is 251 Å². The lowest BCUT2D eigenvalue weighted by atomic mass is 10.2. The number of carbonyl (C=O) groups is 2. The predicted octanol–water partition coefficient (Wildman–Crippen LogP) is 7.02. The average Bonchev–Trinajstić information content (AvgIpc) is 2.81. The summed E-state index contributed by atoms with van der Waals surface area (Å²) in [5.41, 5.74) is 0.167. The molecule has 0 aliphatic rings. The number of halogens is 1. The Kier molecular flexibility index (Phi) is 11.9. The van der Waals surface area contributed by atoms with Gasteiger partial charge in [-0.2, -0.15) is 13.4 Å². The molecule has 2 aromatic rings. The number of nitrogens with zero attached hydrogens (tertiary/aromatic N) is 2. The number of aliphatic imine (C=N–C) groups is 1.